The first-order valence-corrected chi connectivity index (χ1v) is 4.30. The van der Waals surface area contributed by atoms with E-state index in [2.05, 4.69) is 6.58 Å². The molecule has 0 saturated carbocycles. The lowest BCUT2D eigenvalue weighted by molar-refractivity contribution is -0.116. The number of allylic oxidation sites excluding steroid dienone is 2. The molecule has 0 saturated heterocycles. The number of hydrogen-bond donors (Lipinski definition) is 0. The molecule has 0 N–H and O–H groups in total. The lowest BCUT2D eigenvalue weighted by Gasteiger charge is -1.94. The Morgan fingerprint density at radius 1 is 1.36 bits per heavy atom. The third-order valence-corrected chi connectivity index (χ3v) is 1.69. The van der Waals surface area contributed by atoms with Gasteiger partial charge in [0.1, 0.15) is 0 Å². The highest BCUT2D eigenvalue weighted by atomic mass is 19.1. The first-order valence-electron chi connectivity index (χ1n) is 4.30. The van der Waals surface area contributed by atoms with Crippen LogP contribution in [0.2, 0.25) is 0 Å². The molecule has 0 aromatic heterocycles. The highest BCUT2D eigenvalue weighted by Gasteiger charge is 2.05. The van der Waals surface area contributed by atoms with E-state index >= 15 is 0 Å². The molecule has 0 radical (unpaired) electrons. The largest absolute Gasteiger partial charge is 0.291 e. The molecule has 0 aliphatic heterocycles. The Balaban J connectivity index is 2.78. The molecular weight excluding hydrogens is 179 g/mol. The maximum atomic E-state index is 13.1. The van der Waals surface area contributed by atoms with Crippen molar-refractivity contribution in [3.63, 3.8) is 0 Å². The summed E-state index contributed by atoms with van der Waals surface area (Å²) < 4.78 is 13.1. The number of benzene rings is 1. The molecule has 0 fully saturated rings. The summed E-state index contributed by atoms with van der Waals surface area (Å²) in [7, 11) is 0. The molecule has 1 rings (SSSR count). The predicted octanol–water partition coefficient (Wildman–Crippen LogP) is 3.14. The highest BCUT2D eigenvalue weighted by Crippen LogP contribution is 2.09. The van der Waals surface area contributed by atoms with Crippen molar-refractivity contribution in [2.75, 3.05) is 0 Å². The Morgan fingerprint density at radius 3 is 2.57 bits per heavy atom. The van der Waals surface area contributed by atoms with E-state index in [0.717, 1.165) is 0 Å². The number of carbonyl (C=O) groups excluding carboxylic acids is 1. The van der Waals surface area contributed by atoms with Gasteiger partial charge in [-0.3, -0.25) is 4.79 Å². The fourth-order valence-electron chi connectivity index (χ4n) is 1.00. The molecule has 1 aromatic rings. The number of rotatable bonds is 4. The molecule has 0 atom stereocenters. The van der Waals surface area contributed by atoms with E-state index in [0.29, 0.717) is 5.56 Å². The molecule has 0 heterocycles. The second-order valence-electron chi connectivity index (χ2n) is 2.82. The fraction of sp³-hybridized carbons (Fsp3) is 0.0833. The second-order valence-corrected chi connectivity index (χ2v) is 2.82. The number of Topliss-reactive ketones (excluding diaryl/α,β-unsaturated/α-hetero) is 1. The quantitative estimate of drug-likeness (QED) is 0.526. The van der Waals surface area contributed by atoms with Gasteiger partial charge in [0, 0.05) is 6.42 Å². The van der Waals surface area contributed by atoms with Crippen LogP contribution < -0.4 is 0 Å². The van der Waals surface area contributed by atoms with E-state index < -0.39 is 11.6 Å². The zero-order chi connectivity index (χ0) is 10.4. The average molecular weight is 190 g/mol. The number of halogens is 1. The normalized spacial score (nSPS) is 11.1. The zero-order valence-electron chi connectivity index (χ0n) is 7.74. The summed E-state index contributed by atoms with van der Waals surface area (Å²) in [6, 6.07) is 8.89. The lowest BCUT2D eigenvalue weighted by atomic mass is 10.1. The van der Waals surface area contributed by atoms with Crippen LogP contribution in [0.5, 0.6) is 0 Å². The van der Waals surface area contributed by atoms with Crippen molar-refractivity contribution >= 4 is 11.9 Å². The van der Waals surface area contributed by atoms with Crippen LogP contribution in [0.1, 0.15) is 12.0 Å². The van der Waals surface area contributed by atoms with Crippen molar-refractivity contribution in [2.45, 2.75) is 6.42 Å². The van der Waals surface area contributed by atoms with Crippen LogP contribution in [-0.2, 0) is 4.79 Å². The minimum atomic E-state index is -0.726. The van der Waals surface area contributed by atoms with Crippen molar-refractivity contribution in [3.05, 3.63) is 54.4 Å². The zero-order valence-corrected chi connectivity index (χ0v) is 7.74. The Morgan fingerprint density at radius 2 is 2.00 bits per heavy atom. The molecule has 0 amide bonds. The van der Waals surface area contributed by atoms with Crippen LogP contribution in [0.25, 0.3) is 6.08 Å². The molecule has 0 bridgehead atoms. The van der Waals surface area contributed by atoms with Gasteiger partial charge in [0.2, 0.25) is 0 Å². The Hall–Kier alpha value is -1.70. The summed E-state index contributed by atoms with van der Waals surface area (Å²) in [5.41, 5.74) is 0.683. The first kappa shape index (κ1) is 10.4. The summed E-state index contributed by atoms with van der Waals surface area (Å²) >= 11 is 0. The summed E-state index contributed by atoms with van der Waals surface area (Å²) in [6.07, 6.45) is 2.65. The molecule has 72 valence electrons. The van der Waals surface area contributed by atoms with Gasteiger partial charge in [0.05, 0.1) is 0 Å². The van der Waals surface area contributed by atoms with Gasteiger partial charge < -0.3 is 0 Å². The molecule has 0 spiro atoms. The first-order chi connectivity index (χ1) is 6.74. The van der Waals surface area contributed by atoms with Crippen LogP contribution in [0.3, 0.4) is 0 Å². The van der Waals surface area contributed by atoms with Crippen molar-refractivity contribution in [1.29, 1.82) is 0 Å². The Labute approximate surface area is 82.6 Å². The smallest absolute Gasteiger partial charge is 0.194 e. The summed E-state index contributed by atoms with van der Waals surface area (Å²) in [6.45, 7) is 3.38. The van der Waals surface area contributed by atoms with Gasteiger partial charge in [-0.15, -0.1) is 6.58 Å². The highest BCUT2D eigenvalue weighted by molar-refractivity contribution is 5.98. The molecule has 0 aliphatic rings. The molecule has 0 unspecified atom stereocenters. The van der Waals surface area contributed by atoms with Crippen molar-refractivity contribution in [1.82, 2.24) is 0 Å². The lowest BCUT2D eigenvalue weighted by Crippen LogP contribution is -1.95. The monoisotopic (exact) mass is 190 g/mol. The van der Waals surface area contributed by atoms with Gasteiger partial charge in [-0.05, 0) is 11.6 Å². The average Bonchev–Trinajstić information content (AvgIpc) is 2.19. The summed E-state index contributed by atoms with van der Waals surface area (Å²) in [5, 5.41) is 0. The number of ketones is 1. The van der Waals surface area contributed by atoms with E-state index in [4.69, 9.17) is 0 Å². The third-order valence-electron chi connectivity index (χ3n) is 1.69. The molecule has 14 heavy (non-hydrogen) atoms. The van der Waals surface area contributed by atoms with E-state index in [9.17, 15) is 9.18 Å². The van der Waals surface area contributed by atoms with Crippen LogP contribution in [0, 0.1) is 0 Å². The molecule has 2 heteroatoms. The standard InChI is InChI=1S/C12H11FO/c1-2-6-12(14)11(13)9-10-7-4-3-5-8-10/h2-5,7-9H,1,6H2/b11-9-. The predicted molar refractivity (Wildman–Crippen MR) is 55.3 cm³/mol. The van der Waals surface area contributed by atoms with Crippen LogP contribution in [-0.4, -0.2) is 5.78 Å². The summed E-state index contributed by atoms with van der Waals surface area (Å²) in [4.78, 5) is 11.0. The topological polar surface area (TPSA) is 17.1 Å². The van der Waals surface area contributed by atoms with E-state index in [1.165, 1.54) is 12.2 Å². The minimum Gasteiger partial charge on any atom is -0.291 e. The molecular formula is C12H11FO. The van der Waals surface area contributed by atoms with Gasteiger partial charge in [0.15, 0.2) is 11.6 Å². The van der Waals surface area contributed by atoms with Crippen molar-refractivity contribution in [3.8, 4) is 0 Å². The fourth-order valence-corrected chi connectivity index (χ4v) is 1.00. The molecule has 1 aromatic carbocycles. The van der Waals surface area contributed by atoms with Crippen LogP contribution in [0.4, 0.5) is 4.39 Å². The molecule has 1 nitrogen and oxygen atoms in total. The van der Waals surface area contributed by atoms with Crippen LogP contribution >= 0.6 is 0 Å². The number of hydrogen-bond acceptors (Lipinski definition) is 1. The SMILES string of the molecule is C=CCC(=O)/C(F)=C/c1ccccc1. The van der Waals surface area contributed by atoms with E-state index in [-0.39, 0.29) is 6.42 Å². The maximum Gasteiger partial charge on any atom is 0.194 e. The maximum absolute atomic E-state index is 13.1. The number of carbonyl (C=O) groups is 1. The second kappa shape index (κ2) is 5.12. The van der Waals surface area contributed by atoms with Crippen molar-refractivity contribution < 1.29 is 9.18 Å². The van der Waals surface area contributed by atoms with Crippen molar-refractivity contribution in [2.24, 2.45) is 0 Å². The van der Waals surface area contributed by atoms with Gasteiger partial charge in [-0.25, -0.2) is 4.39 Å². The third kappa shape index (κ3) is 2.98. The Bertz CT molecular complexity index is 352. The van der Waals surface area contributed by atoms with E-state index in [1.54, 1.807) is 24.3 Å². The molecule has 0 aliphatic carbocycles. The van der Waals surface area contributed by atoms with Gasteiger partial charge in [-0.1, -0.05) is 36.4 Å². The minimum absolute atomic E-state index is 0.0369. The van der Waals surface area contributed by atoms with Gasteiger partial charge in [-0.2, -0.15) is 0 Å². The summed E-state index contributed by atoms with van der Waals surface area (Å²) in [5.74, 6) is -1.26. The van der Waals surface area contributed by atoms with Crippen LogP contribution in [0.15, 0.2) is 48.8 Å². The van der Waals surface area contributed by atoms with Gasteiger partial charge >= 0.3 is 0 Å². The Kier molecular flexibility index (Phi) is 3.80. The van der Waals surface area contributed by atoms with Gasteiger partial charge in [0.25, 0.3) is 0 Å². The van der Waals surface area contributed by atoms with E-state index in [1.807, 2.05) is 6.07 Å².